The summed E-state index contributed by atoms with van der Waals surface area (Å²) in [6.45, 7) is -0.459. The molecule has 152 valence electrons. The van der Waals surface area contributed by atoms with Gasteiger partial charge in [0.05, 0.1) is 11.2 Å². The summed E-state index contributed by atoms with van der Waals surface area (Å²) in [6, 6.07) is 12.1. The lowest BCUT2D eigenvalue weighted by Gasteiger charge is -2.20. The summed E-state index contributed by atoms with van der Waals surface area (Å²) in [6.07, 6.45) is 1.07. The quantitative estimate of drug-likeness (QED) is 0.600. The molecular formula is C17H20N2O7S2. The number of carboxylic acids is 1. The SMILES string of the molecule is CS(=O)(=O)N(Cc1ccc(S(N)(=O)=O)cc1)Cc1cccc(OCC(=O)O)c1. The normalized spacial score (nSPS) is 12.1. The highest BCUT2D eigenvalue weighted by Gasteiger charge is 2.18. The Balaban J connectivity index is 2.19. The van der Waals surface area contributed by atoms with Crippen LogP contribution < -0.4 is 9.88 Å². The number of sulfonamides is 2. The number of hydrogen-bond donors (Lipinski definition) is 2. The van der Waals surface area contributed by atoms with E-state index in [0.29, 0.717) is 16.9 Å². The van der Waals surface area contributed by atoms with E-state index in [1.165, 1.54) is 28.6 Å². The third-order valence-electron chi connectivity index (χ3n) is 3.70. The van der Waals surface area contributed by atoms with Gasteiger partial charge in [-0.15, -0.1) is 0 Å². The monoisotopic (exact) mass is 428 g/mol. The van der Waals surface area contributed by atoms with Gasteiger partial charge in [0.15, 0.2) is 6.61 Å². The van der Waals surface area contributed by atoms with E-state index in [9.17, 15) is 21.6 Å². The molecule has 2 aromatic rings. The predicted molar refractivity (Wildman–Crippen MR) is 101 cm³/mol. The van der Waals surface area contributed by atoms with Crippen LogP contribution in [0.5, 0.6) is 5.75 Å². The number of nitrogens with two attached hydrogens (primary N) is 1. The highest BCUT2D eigenvalue weighted by atomic mass is 32.2. The Bertz CT molecular complexity index is 1050. The van der Waals surface area contributed by atoms with Gasteiger partial charge in [-0.3, -0.25) is 0 Å². The van der Waals surface area contributed by atoms with Crippen molar-refractivity contribution < 1.29 is 31.5 Å². The zero-order valence-electron chi connectivity index (χ0n) is 15.0. The van der Waals surface area contributed by atoms with Crippen LogP contribution in [0.15, 0.2) is 53.4 Å². The number of carbonyl (C=O) groups is 1. The fraction of sp³-hybridized carbons (Fsp3) is 0.235. The fourth-order valence-electron chi connectivity index (χ4n) is 2.36. The van der Waals surface area contributed by atoms with Gasteiger partial charge in [-0.25, -0.2) is 26.8 Å². The molecule has 11 heteroatoms. The maximum atomic E-state index is 12.2. The summed E-state index contributed by atoms with van der Waals surface area (Å²) >= 11 is 0. The Labute approximate surface area is 163 Å². The first kappa shape index (κ1) is 21.8. The minimum Gasteiger partial charge on any atom is -0.482 e. The molecular weight excluding hydrogens is 408 g/mol. The predicted octanol–water partition coefficient (Wildman–Crippen LogP) is 0.759. The van der Waals surface area contributed by atoms with Crippen molar-refractivity contribution in [3.8, 4) is 5.75 Å². The van der Waals surface area contributed by atoms with Gasteiger partial charge < -0.3 is 9.84 Å². The van der Waals surface area contributed by atoms with Crippen LogP contribution in [0.2, 0.25) is 0 Å². The van der Waals surface area contributed by atoms with Gasteiger partial charge in [-0.2, -0.15) is 4.31 Å². The van der Waals surface area contributed by atoms with Crippen molar-refractivity contribution >= 4 is 26.0 Å². The second-order valence-corrected chi connectivity index (χ2v) is 9.59. The van der Waals surface area contributed by atoms with E-state index in [1.807, 2.05) is 0 Å². The molecule has 2 aromatic carbocycles. The molecule has 0 spiro atoms. The van der Waals surface area contributed by atoms with Gasteiger partial charge in [0.2, 0.25) is 20.0 Å². The molecule has 0 aliphatic rings. The highest BCUT2D eigenvalue weighted by Crippen LogP contribution is 2.19. The highest BCUT2D eigenvalue weighted by molar-refractivity contribution is 7.89. The first-order chi connectivity index (χ1) is 12.9. The van der Waals surface area contributed by atoms with Crippen LogP contribution in [0.3, 0.4) is 0 Å². The molecule has 3 N–H and O–H groups in total. The van der Waals surface area contributed by atoms with Crippen molar-refractivity contribution in [2.45, 2.75) is 18.0 Å². The third kappa shape index (κ3) is 6.60. The smallest absolute Gasteiger partial charge is 0.341 e. The van der Waals surface area contributed by atoms with Crippen molar-refractivity contribution in [2.24, 2.45) is 5.14 Å². The topological polar surface area (TPSA) is 144 Å². The van der Waals surface area contributed by atoms with E-state index in [4.69, 9.17) is 15.0 Å². The summed E-state index contributed by atoms with van der Waals surface area (Å²) in [5, 5.41) is 13.7. The second-order valence-electron chi connectivity index (χ2n) is 6.05. The molecule has 0 atom stereocenters. The van der Waals surface area contributed by atoms with E-state index in [2.05, 4.69) is 0 Å². The number of nitrogens with zero attached hydrogens (tertiary/aromatic N) is 1. The molecule has 9 nitrogen and oxygen atoms in total. The first-order valence-electron chi connectivity index (χ1n) is 7.95. The van der Waals surface area contributed by atoms with E-state index in [-0.39, 0.29) is 18.0 Å². The van der Waals surface area contributed by atoms with Crippen LogP contribution in [-0.4, -0.2) is 45.1 Å². The van der Waals surface area contributed by atoms with E-state index >= 15 is 0 Å². The first-order valence-corrected chi connectivity index (χ1v) is 11.3. The molecule has 0 aliphatic carbocycles. The van der Waals surface area contributed by atoms with Crippen molar-refractivity contribution in [1.29, 1.82) is 0 Å². The fourth-order valence-corrected chi connectivity index (χ4v) is 3.64. The summed E-state index contributed by atoms with van der Waals surface area (Å²) in [5.41, 5.74) is 1.19. The Morgan fingerprint density at radius 2 is 1.64 bits per heavy atom. The lowest BCUT2D eigenvalue weighted by Crippen LogP contribution is -2.29. The molecule has 0 amide bonds. The number of aliphatic carboxylic acids is 1. The Morgan fingerprint density at radius 1 is 1.04 bits per heavy atom. The zero-order valence-corrected chi connectivity index (χ0v) is 16.6. The van der Waals surface area contributed by atoms with Crippen molar-refractivity contribution in [3.63, 3.8) is 0 Å². The number of carboxylic acid groups (broad SMARTS) is 1. The molecule has 0 bridgehead atoms. The molecule has 2 rings (SSSR count). The van der Waals surface area contributed by atoms with E-state index in [1.54, 1.807) is 24.3 Å². The molecule has 0 heterocycles. The van der Waals surface area contributed by atoms with Gasteiger partial charge in [0.25, 0.3) is 0 Å². The van der Waals surface area contributed by atoms with E-state index in [0.717, 1.165) is 6.26 Å². The Hall–Kier alpha value is -2.47. The van der Waals surface area contributed by atoms with Crippen LogP contribution in [0, 0.1) is 0 Å². The summed E-state index contributed by atoms with van der Waals surface area (Å²) in [4.78, 5) is 10.5. The lowest BCUT2D eigenvalue weighted by atomic mass is 10.2. The molecule has 28 heavy (non-hydrogen) atoms. The molecule has 0 radical (unpaired) electrons. The molecule has 0 unspecified atom stereocenters. The van der Waals surface area contributed by atoms with Crippen LogP contribution in [-0.2, 0) is 37.9 Å². The van der Waals surface area contributed by atoms with Crippen molar-refractivity contribution in [1.82, 2.24) is 4.31 Å². The Morgan fingerprint density at radius 3 is 2.18 bits per heavy atom. The number of primary sulfonamides is 1. The number of rotatable bonds is 9. The van der Waals surface area contributed by atoms with Crippen molar-refractivity contribution in [3.05, 3.63) is 59.7 Å². The van der Waals surface area contributed by atoms with Crippen LogP contribution in [0.4, 0.5) is 0 Å². The van der Waals surface area contributed by atoms with Crippen molar-refractivity contribution in [2.75, 3.05) is 12.9 Å². The van der Waals surface area contributed by atoms with Gasteiger partial charge in [0, 0.05) is 13.1 Å². The second kappa shape index (κ2) is 8.69. The average molecular weight is 428 g/mol. The maximum absolute atomic E-state index is 12.2. The molecule has 0 aromatic heterocycles. The van der Waals surface area contributed by atoms with Gasteiger partial charge >= 0.3 is 5.97 Å². The molecule has 0 fully saturated rings. The maximum Gasteiger partial charge on any atom is 0.341 e. The summed E-state index contributed by atoms with van der Waals surface area (Å²) in [7, 11) is -7.41. The van der Waals surface area contributed by atoms with Crippen LogP contribution in [0.1, 0.15) is 11.1 Å². The van der Waals surface area contributed by atoms with Gasteiger partial charge in [0.1, 0.15) is 5.75 Å². The number of hydrogen-bond acceptors (Lipinski definition) is 6. The van der Waals surface area contributed by atoms with Gasteiger partial charge in [-0.05, 0) is 35.4 Å². The zero-order chi connectivity index (χ0) is 20.9. The molecule has 0 saturated heterocycles. The average Bonchev–Trinajstić information content (AvgIpc) is 2.59. The van der Waals surface area contributed by atoms with Crippen LogP contribution in [0.25, 0.3) is 0 Å². The number of ether oxygens (including phenoxy) is 1. The lowest BCUT2D eigenvalue weighted by molar-refractivity contribution is -0.139. The summed E-state index contributed by atoms with van der Waals surface area (Å²) < 4.78 is 53.3. The standard InChI is InChI=1S/C17H20N2O7S2/c1-27(22,23)19(10-13-5-7-16(8-6-13)28(18,24)25)11-14-3-2-4-15(9-14)26-12-17(20)21/h2-9H,10-12H2,1H3,(H,20,21)(H2,18,24,25). The Kier molecular flexibility index (Phi) is 6.77. The third-order valence-corrected chi connectivity index (χ3v) is 5.82. The largest absolute Gasteiger partial charge is 0.482 e. The number of benzene rings is 2. The van der Waals surface area contributed by atoms with Gasteiger partial charge in [-0.1, -0.05) is 24.3 Å². The minimum atomic E-state index is -3.83. The molecule has 0 saturated carbocycles. The van der Waals surface area contributed by atoms with E-state index < -0.39 is 32.6 Å². The minimum absolute atomic E-state index is 0.0178. The molecule has 0 aliphatic heterocycles. The summed E-state index contributed by atoms with van der Waals surface area (Å²) in [5.74, 6) is -0.808. The van der Waals surface area contributed by atoms with Crippen LogP contribution >= 0.6 is 0 Å².